The van der Waals surface area contributed by atoms with Crippen molar-refractivity contribution in [2.75, 3.05) is 27.2 Å². The number of halogens is 1. The van der Waals surface area contributed by atoms with E-state index in [4.69, 9.17) is 4.74 Å². The second kappa shape index (κ2) is 6.83. The van der Waals surface area contributed by atoms with Crippen LogP contribution in [0.5, 0.6) is 0 Å². The van der Waals surface area contributed by atoms with Gasteiger partial charge in [0.1, 0.15) is 10.7 Å². The minimum atomic E-state index is -3.77. The van der Waals surface area contributed by atoms with Gasteiger partial charge in [-0.2, -0.15) is 4.31 Å². The maximum Gasteiger partial charge on any atom is 0.245 e. The van der Waals surface area contributed by atoms with Crippen LogP contribution in [0.2, 0.25) is 0 Å². The zero-order valence-electron chi connectivity index (χ0n) is 12.3. The van der Waals surface area contributed by atoms with Crippen molar-refractivity contribution in [3.05, 3.63) is 29.6 Å². The molecule has 1 N–H and O–H groups in total. The Morgan fingerprint density at radius 2 is 2.05 bits per heavy atom. The highest BCUT2D eigenvalue weighted by atomic mass is 32.2. The van der Waals surface area contributed by atoms with Crippen molar-refractivity contribution in [1.29, 1.82) is 0 Å². The Morgan fingerprint density at radius 3 is 2.57 bits per heavy atom. The molecule has 2 rings (SSSR count). The first-order chi connectivity index (χ1) is 9.98. The zero-order valence-corrected chi connectivity index (χ0v) is 13.1. The van der Waals surface area contributed by atoms with E-state index >= 15 is 0 Å². The highest BCUT2D eigenvalue weighted by molar-refractivity contribution is 7.89. The van der Waals surface area contributed by atoms with Gasteiger partial charge in [-0.1, -0.05) is 6.07 Å². The van der Waals surface area contributed by atoms with Crippen LogP contribution in [0.1, 0.15) is 18.4 Å². The summed E-state index contributed by atoms with van der Waals surface area (Å²) in [5.74, 6) is -0.698. The van der Waals surface area contributed by atoms with Crippen LogP contribution in [-0.4, -0.2) is 46.1 Å². The number of methoxy groups -OCH3 is 1. The van der Waals surface area contributed by atoms with E-state index < -0.39 is 15.8 Å². The molecule has 7 heteroatoms. The lowest BCUT2D eigenvalue weighted by molar-refractivity contribution is 0.0604. The van der Waals surface area contributed by atoms with E-state index in [0.29, 0.717) is 38.0 Å². The minimum Gasteiger partial charge on any atom is -0.381 e. The Balaban J connectivity index is 2.20. The third-order valence-corrected chi connectivity index (χ3v) is 5.66. The molecule has 1 heterocycles. The molecule has 1 aliphatic heterocycles. The molecule has 0 aromatic heterocycles. The van der Waals surface area contributed by atoms with Gasteiger partial charge in [-0.15, -0.1) is 0 Å². The number of hydrogen-bond acceptors (Lipinski definition) is 4. The van der Waals surface area contributed by atoms with Gasteiger partial charge in [0.05, 0.1) is 6.10 Å². The monoisotopic (exact) mass is 316 g/mol. The van der Waals surface area contributed by atoms with E-state index in [2.05, 4.69) is 5.32 Å². The molecule has 0 aliphatic carbocycles. The molecular weight excluding hydrogens is 295 g/mol. The van der Waals surface area contributed by atoms with Crippen LogP contribution in [0.15, 0.2) is 23.1 Å². The average Bonchev–Trinajstić information content (AvgIpc) is 2.47. The summed E-state index contributed by atoms with van der Waals surface area (Å²) in [6, 6.07) is 4.25. The van der Waals surface area contributed by atoms with E-state index in [0.717, 1.165) is 0 Å². The molecule has 0 unspecified atom stereocenters. The van der Waals surface area contributed by atoms with Crippen LogP contribution in [0.3, 0.4) is 0 Å². The van der Waals surface area contributed by atoms with E-state index in [1.165, 1.54) is 16.4 Å². The van der Waals surface area contributed by atoms with Crippen molar-refractivity contribution < 1.29 is 17.5 Å². The molecule has 1 saturated heterocycles. The molecule has 0 amide bonds. The molecular formula is C14H21FN2O3S. The van der Waals surface area contributed by atoms with E-state index in [-0.39, 0.29) is 11.0 Å². The van der Waals surface area contributed by atoms with Crippen LogP contribution in [0, 0.1) is 5.82 Å². The molecule has 0 saturated carbocycles. The van der Waals surface area contributed by atoms with Gasteiger partial charge in [0.25, 0.3) is 0 Å². The van der Waals surface area contributed by atoms with Gasteiger partial charge < -0.3 is 10.1 Å². The molecule has 21 heavy (non-hydrogen) atoms. The fourth-order valence-electron chi connectivity index (χ4n) is 2.51. The van der Waals surface area contributed by atoms with Crippen molar-refractivity contribution in [3.8, 4) is 0 Å². The largest absolute Gasteiger partial charge is 0.381 e. The van der Waals surface area contributed by atoms with E-state index in [9.17, 15) is 12.8 Å². The van der Waals surface area contributed by atoms with Crippen molar-refractivity contribution >= 4 is 10.0 Å². The Kier molecular flexibility index (Phi) is 5.32. The van der Waals surface area contributed by atoms with Gasteiger partial charge >= 0.3 is 0 Å². The molecule has 1 aromatic rings. The molecule has 0 spiro atoms. The van der Waals surface area contributed by atoms with Gasteiger partial charge in [-0.3, -0.25) is 0 Å². The Bertz CT molecular complexity index is 584. The predicted octanol–water partition coefficient (Wildman–Crippen LogP) is 1.34. The number of nitrogens with zero attached hydrogens (tertiary/aromatic N) is 1. The molecule has 0 bridgehead atoms. The minimum absolute atomic E-state index is 0.0827. The summed E-state index contributed by atoms with van der Waals surface area (Å²) in [4.78, 5) is -0.252. The van der Waals surface area contributed by atoms with Crippen LogP contribution in [0.4, 0.5) is 4.39 Å². The quantitative estimate of drug-likeness (QED) is 0.891. The number of sulfonamides is 1. The van der Waals surface area contributed by atoms with Gasteiger partial charge in [0.2, 0.25) is 10.0 Å². The first-order valence-electron chi connectivity index (χ1n) is 6.95. The molecule has 1 fully saturated rings. The van der Waals surface area contributed by atoms with Crippen molar-refractivity contribution in [3.63, 3.8) is 0 Å². The fraction of sp³-hybridized carbons (Fsp3) is 0.571. The summed E-state index contributed by atoms with van der Waals surface area (Å²) in [6.45, 7) is 1.22. The second-order valence-corrected chi connectivity index (χ2v) is 7.04. The number of benzene rings is 1. The molecule has 1 aromatic carbocycles. The lowest BCUT2D eigenvalue weighted by Gasteiger charge is -2.30. The van der Waals surface area contributed by atoms with Gasteiger partial charge in [0, 0.05) is 26.7 Å². The standard InChI is InChI=1S/C14H21FN2O3S/c1-16-10-11-3-4-14(13(15)9-11)21(18,19)17-7-5-12(20-2)6-8-17/h3-4,9,12,16H,5-8,10H2,1-2H3. The van der Waals surface area contributed by atoms with E-state index in [1.54, 1.807) is 20.2 Å². The van der Waals surface area contributed by atoms with Crippen LogP contribution < -0.4 is 5.32 Å². The lowest BCUT2D eigenvalue weighted by atomic mass is 10.1. The topological polar surface area (TPSA) is 58.6 Å². The molecule has 0 radical (unpaired) electrons. The lowest BCUT2D eigenvalue weighted by Crippen LogP contribution is -2.40. The highest BCUT2D eigenvalue weighted by Gasteiger charge is 2.31. The Morgan fingerprint density at radius 1 is 1.38 bits per heavy atom. The normalized spacial score (nSPS) is 18.0. The number of rotatable bonds is 5. The van der Waals surface area contributed by atoms with Gasteiger partial charge in [-0.25, -0.2) is 12.8 Å². The second-order valence-electron chi connectivity index (χ2n) is 5.13. The fourth-order valence-corrected chi connectivity index (χ4v) is 4.03. The summed E-state index contributed by atoms with van der Waals surface area (Å²) in [7, 11) is -0.401. The molecule has 0 atom stereocenters. The molecule has 1 aliphatic rings. The van der Waals surface area contributed by atoms with Gasteiger partial charge in [0.15, 0.2) is 0 Å². The summed E-state index contributed by atoms with van der Waals surface area (Å²) in [6.07, 6.45) is 1.35. The summed E-state index contributed by atoms with van der Waals surface area (Å²) in [5, 5.41) is 2.90. The first kappa shape index (κ1) is 16.4. The van der Waals surface area contributed by atoms with Crippen molar-refractivity contribution in [1.82, 2.24) is 9.62 Å². The zero-order chi connectivity index (χ0) is 15.5. The number of piperidine rings is 1. The van der Waals surface area contributed by atoms with Crippen molar-refractivity contribution in [2.24, 2.45) is 0 Å². The first-order valence-corrected chi connectivity index (χ1v) is 8.39. The van der Waals surface area contributed by atoms with Crippen LogP contribution in [0.25, 0.3) is 0 Å². The Hall–Kier alpha value is -1.02. The Labute approximate surface area is 125 Å². The van der Waals surface area contributed by atoms with Crippen molar-refractivity contribution in [2.45, 2.75) is 30.4 Å². The number of nitrogens with one attached hydrogen (secondary N) is 1. The summed E-state index contributed by atoms with van der Waals surface area (Å²) >= 11 is 0. The third-order valence-electron chi connectivity index (χ3n) is 3.73. The van der Waals surface area contributed by atoms with Crippen LogP contribution >= 0.6 is 0 Å². The summed E-state index contributed by atoms with van der Waals surface area (Å²) in [5.41, 5.74) is 0.715. The maximum atomic E-state index is 14.1. The van der Waals surface area contributed by atoms with Gasteiger partial charge in [-0.05, 0) is 37.6 Å². The maximum absolute atomic E-state index is 14.1. The number of hydrogen-bond donors (Lipinski definition) is 1. The number of ether oxygens (including phenoxy) is 1. The average molecular weight is 316 g/mol. The molecule has 5 nitrogen and oxygen atoms in total. The summed E-state index contributed by atoms with van der Waals surface area (Å²) < 4.78 is 45.7. The predicted molar refractivity (Wildman–Crippen MR) is 78.0 cm³/mol. The SMILES string of the molecule is CNCc1ccc(S(=O)(=O)N2CCC(OC)CC2)c(F)c1. The highest BCUT2D eigenvalue weighted by Crippen LogP contribution is 2.24. The van der Waals surface area contributed by atoms with Crippen LogP contribution in [-0.2, 0) is 21.3 Å². The van der Waals surface area contributed by atoms with E-state index in [1.807, 2.05) is 0 Å². The third kappa shape index (κ3) is 3.60. The molecule has 118 valence electrons. The smallest absolute Gasteiger partial charge is 0.245 e.